The van der Waals surface area contributed by atoms with Gasteiger partial charge in [0.2, 0.25) is 0 Å². The molecule has 1 unspecified atom stereocenters. The topological polar surface area (TPSA) is 88.3 Å². The Morgan fingerprint density at radius 1 is 1.35 bits per heavy atom. The summed E-state index contributed by atoms with van der Waals surface area (Å²) in [6.45, 7) is 4.25. The molecule has 0 aliphatic rings. The van der Waals surface area contributed by atoms with E-state index in [2.05, 4.69) is 10.3 Å². The highest BCUT2D eigenvalue weighted by molar-refractivity contribution is 5.99. The molecule has 1 atom stereocenters. The zero-order valence-electron chi connectivity index (χ0n) is 11.4. The van der Waals surface area contributed by atoms with E-state index in [1.54, 1.807) is 18.3 Å². The average molecular weight is 275 g/mol. The van der Waals surface area contributed by atoms with Gasteiger partial charge in [0.15, 0.2) is 0 Å². The van der Waals surface area contributed by atoms with Gasteiger partial charge in [-0.05, 0) is 18.1 Å². The number of hydrogen-bond donors (Lipinski definition) is 2. The van der Waals surface area contributed by atoms with Gasteiger partial charge in [0.1, 0.15) is 0 Å². The Balaban J connectivity index is 2.36. The fraction of sp³-hybridized carbons (Fsp3) is 0.357. The molecule has 6 nitrogen and oxygen atoms in total. The fourth-order valence-electron chi connectivity index (χ4n) is 1.94. The molecule has 1 heterocycles. The Hall–Kier alpha value is -2.21. The molecule has 0 aliphatic heterocycles. The van der Waals surface area contributed by atoms with Gasteiger partial charge < -0.3 is 10.4 Å². The van der Waals surface area contributed by atoms with Gasteiger partial charge in [0, 0.05) is 36.1 Å². The maximum atomic E-state index is 11.0. The molecule has 0 bridgehead atoms. The third-order valence-corrected chi connectivity index (χ3v) is 3.26. The van der Waals surface area contributed by atoms with Crippen molar-refractivity contribution < 1.29 is 10.0 Å². The van der Waals surface area contributed by atoms with Gasteiger partial charge in [-0.15, -0.1) is 0 Å². The van der Waals surface area contributed by atoms with E-state index < -0.39 is 11.0 Å². The molecule has 6 heteroatoms. The van der Waals surface area contributed by atoms with Crippen molar-refractivity contribution in [1.29, 1.82) is 0 Å². The number of nitro groups is 1. The molecule has 1 aromatic heterocycles. The van der Waals surface area contributed by atoms with Crippen molar-refractivity contribution >= 4 is 22.1 Å². The van der Waals surface area contributed by atoms with Crippen LogP contribution in [0.25, 0.3) is 10.8 Å². The number of non-ortho nitro benzene ring substituents is 1. The number of benzene rings is 1. The maximum Gasteiger partial charge on any atom is 0.277 e. The summed E-state index contributed by atoms with van der Waals surface area (Å²) in [6, 6.07) is 4.74. The fourth-order valence-corrected chi connectivity index (χ4v) is 1.94. The molecule has 0 radical (unpaired) electrons. The summed E-state index contributed by atoms with van der Waals surface area (Å²) in [5.41, 5.74) is 0.788. The van der Waals surface area contributed by atoms with Crippen LogP contribution in [-0.2, 0) is 0 Å². The second-order valence-corrected chi connectivity index (χ2v) is 5.00. The van der Waals surface area contributed by atoms with Crippen molar-refractivity contribution in [3.63, 3.8) is 0 Å². The number of pyridine rings is 1. The van der Waals surface area contributed by atoms with E-state index in [9.17, 15) is 15.2 Å². The van der Waals surface area contributed by atoms with Crippen molar-refractivity contribution in [2.24, 2.45) is 5.92 Å². The number of fused-ring (bicyclic) bond motifs is 1. The van der Waals surface area contributed by atoms with Gasteiger partial charge in [-0.3, -0.25) is 15.1 Å². The predicted molar refractivity (Wildman–Crippen MR) is 77.7 cm³/mol. The number of aromatic nitrogens is 1. The average Bonchev–Trinajstić information content (AvgIpc) is 2.43. The standard InChI is InChI=1S/C14H17N3O3/c1-9(2)14(18)8-16-12-3-4-13(17(19)20)10-5-6-15-7-11(10)12/h3-7,9,14,16,18H,8H2,1-2H3. The molecule has 0 saturated carbocycles. The Kier molecular flexibility index (Phi) is 4.14. The lowest BCUT2D eigenvalue weighted by atomic mass is 10.1. The highest BCUT2D eigenvalue weighted by Crippen LogP contribution is 2.30. The number of nitrogens with zero attached hydrogens (tertiary/aromatic N) is 2. The third-order valence-electron chi connectivity index (χ3n) is 3.26. The van der Waals surface area contributed by atoms with Crippen LogP contribution in [0.15, 0.2) is 30.6 Å². The van der Waals surface area contributed by atoms with Gasteiger partial charge in [0.05, 0.1) is 16.4 Å². The first-order valence-corrected chi connectivity index (χ1v) is 6.43. The van der Waals surface area contributed by atoms with Crippen LogP contribution in [0.5, 0.6) is 0 Å². The highest BCUT2D eigenvalue weighted by atomic mass is 16.6. The number of rotatable bonds is 5. The van der Waals surface area contributed by atoms with Crippen molar-refractivity contribution in [2.75, 3.05) is 11.9 Å². The number of hydrogen-bond acceptors (Lipinski definition) is 5. The van der Waals surface area contributed by atoms with E-state index in [4.69, 9.17) is 0 Å². The first-order chi connectivity index (χ1) is 9.50. The van der Waals surface area contributed by atoms with Crippen LogP contribution >= 0.6 is 0 Å². The highest BCUT2D eigenvalue weighted by Gasteiger charge is 2.15. The van der Waals surface area contributed by atoms with E-state index in [1.165, 1.54) is 12.3 Å². The molecule has 1 aromatic carbocycles. The smallest absolute Gasteiger partial charge is 0.277 e. The number of aliphatic hydroxyl groups is 1. The summed E-state index contributed by atoms with van der Waals surface area (Å²) in [5, 5.41) is 25.2. The summed E-state index contributed by atoms with van der Waals surface area (Å²) >= 11 is 0. The van der Waals surface area contributed by atoms with Crippen LogP contribution in [0.4, 0.5) is 11.4 Å². The molecular formula is C14H17N3O3. The molecule has 0 saturated heterocycles. The Morgan fingerprint density at radius 2 is 2.10 bits per heavy atom. The minimum absolute atomic E-state index is 0.0531. The van der Waals surface area contributed by atoms with Gasteiger partial charge in [-0.2, -0.15) is 0 Å². The van der Waals surface area contributed by atoms with Crippen LogP contribution in [-0.4, -0.2) is 27.7 Å². The Morgan fingerprint density at radius 3 is 2.75 bits per heavy atom. The van der Waals surface area contributed by atoms with Gasteiger partial charge in [0.25, 0.3) is 5.69 Å². The van der Waals surface area contributed by atoms with Crippen LogP contribution in [0.3, 0.4) is 0 Å². The molecule has 2 rings (SSSR count). The quantitative estimate of drug-likeness (QED) is 0.646. The summed E-state index contributed by atoms with van der Waals surface area (Å²) in [6.07, 6.45) is 2.64. The second kappa shape index (κ2) is 5.83. The Bertz CT molecular complexity index is 628. The zero-order valence-corrected chi connectivity index (χ0v) is 11.4. The second-order valence-electron chi connectivity index (χ2n) is 5.00. The molecule has 0 aliphatic carbocycles. The van der Waals surface area contributed by atoms with Crippen molar-refractivity contribution in [3.05, 3.63) is 40.7 Å². The lowest BCUT2D eigenvalue weighted by molar-refractivity contribution is -0.383. The van der Waals surface area contributed by atoms with E-state index in [0.717, 1.165) is 5.69 Å². The van der Waals surface area contributed by atoms with E-state index in [-0.39, 0.29) is 11.6 Å². The number of anilines is 1. The molecule has 0 spiro atoms. The maximum absolute atomic E-state index is 11.0. The SMILES string of the molecule is CC(C)C(O)CNc1ccc([N+](=O)[O-])c2ccncc12. The minimum Gasteiger partial charge on any atom is -0.391 e. The van der Waals surface area contributed by atoms with Crippen LogP contribution in [0.2, 0.25) is 0 Å². The normalized spacial score (nSPS) is 12.6. The number of nitrogens with one attached hydrogen (secondary N) is 1. The minimum atomic E-state index is -0.475. The molecule has 20 heavy (non-hydrogen) atoms. The van der Waals surface area contributed by atoms with Crippen LogP contribution in [0.1, 0.15) is 13.8 Å². The van der Waals surface area contributed by atoms with Gasteiger partial charge in [-0.25, -0.2) is 0 Å². The predicted octanol–water partition coefficient (Wildman–Crippen LogP) is 2.57. The van der Waals surface area contributed by atoms with Crippen molar-refractivity contribution in [2.45, 2.75) is 20.0 Å². The van der Waals surface area contributed by atoms with E-state index >= 15 is 0 Å². The molecular weight excluding hydrogens is 258 g/mol. The first-order valence-electron chi connectivity index (χ1n) is 6.43. The van der Waals surface area contributed by atoms with Gasteiger partial charge >= 0.3 is 0 Å². The van der Waals surface area contributed by atoms with Crippen LogP contribution in [0, 0.1) is 16.0 Å². The van der Waals surface area contributed by atoms with Crippen molar-refractivity contribution in [1.82, 2.24) is 4.98 Å². The van der Waals surface area contributed by atoms with E-state index in [0.29, 0.717) is 17.3 Å². The largest absolute Gasteiger partial charge is 0.391 e. The molecule has 0 amide bonds. The number of aliphatic hydroxyl groups excluding tert-OH is 1. The Labute approximate surface area is 116 Å². The monoisotopic (exact) mass is 275 g/mol. The lowest BCUT2D eigenvalue weighted by Crippen LogP contribution is -2.24. The molecule has 2 N–H and O–H groups in total. The van der Waals surface area contributed by atoms with Crippen molar-refractivity contribution in [3.8, 4) is 0 Å². The summed E-state index contributed by atoms with van der Waals surface area (Å²) < 4.78 is 0. The summed E-state index contributed by atoms with van der Waals surface area (Å²) in [4.78, 5) is 14.6. The third kappa shape index (κ3) is 2.85. The molecule has 0 fully saturated rings. The van der Waals surface area contributed by atoms with Gasteiger partial charge in [-0.1, -0.05) is 13.8 Å². The number of nitro benzene ring substituents is 1. The zero-order chi connectivity index (χ0) is 14.7. The lowest BCUT2D eigenvalue weighted by Gasteiger charge is -2.16. The first kappa shape index (κ1) is 14.2. The van der Waals surface area contributed by atoms with E-state index in [1.807, 2.05) is 13.8 Å². The molecule has 2 aromatic rings. The summed E-state index contributed by atoms with van der Waals surface area (Å²) in [7, 11) is 0. The molecule has 106 valence electrons. The van der Waals surface area contributed by atoms with Crippen LogP contribution < -0.4 is 5.32 Å². The summed E-state index contributed by atoms with van der Waals surface area (Å²) in [5.74, 6) is 0.143.